The van der Waals surface area contributed by atoms with Crippen LogP contribution < -0.4 is 4.72 Å². The van der Waals surface area contributed by atoms with Crippen LogP contribution in [0, 0.1) is 0 Å². The Morgan fingerprint density at radius 1 is 1.57 bits per heavy atom. The van der Waals surface area contributed by atoms with Gasteiger partial charge in [0.1, 0.15) is 5.15 Å². The van der Waals surface area contributed by atoms with Crippen molar-refractivity contribution in [3.8, 4) is 0 Å². The van der Waals surface area contributed by atoms with Crippen molar-refractivity contribution in [3.63, 3.8) is 0 Å². The molecule has 0 amide bonds. The van der Waals surface area contributed by atoms with E-state index in [2.05, 4.69) is 9.71 Å². The Morgan fingerprint density at radius 3 is 2.86 bits per heavy atom. The standard InChI is InChI=1S/C8H11ClN2O2S/c1-2-4-11-14(12,13)7-3-5-10-8(9)6-7/h3,5-6,11H,2,4H2,1H3. The second-order valence-electron chi connectivity index (χ2n) is 2.71. The molecule has 4 nitrogen and oxygen atoms in total. The van der Waals surface area contributed by atoms with Crippen LogP contribution in [0.2, 0.25) is 5.15 Å². The largest absolute Gasteiger partial charge is 0.244 e. The van der Waals surface area contributed by atoms with Crippen LogP contribution in [0.4, 0.5) is 0 Å². The highest BCUT2D eigenvalue weighted by Gasteiger charge is 2.12. The smallest absolute Gasteiger partial charge is 0.240 e. The lowest BCUT2D eigenvalue weighted by Crippen LogP contribution is -2.24. The summed E-state index contributed by atoms with van der Waals surface area (Å²) in [7, 11) is -3.42. The fraction of sp³-hybridized carbons (Fsp3) is 0.375. The fourth-order valence-electron chi connectivity index (χ4n) is 0.872. The first-order valence-electron chi connectivity index (χ1n) is 4.17. The molecular weight excluding hydrogens is 224 g/mol. The number of halogens is 1. The number of aromatic nitrogens is 1. The van der Waals surface area contributed by atoms with E-state index in [4.69, 9.17) is 11.6 Å². The van der Waals surface area contributed by atoms with Gasteiger partial charge in [0.05, 0.1) is 4.90 Å². The van der Waals surface area contributed by atoms with Crippen molar-refractivity contribution < 1.29 is 8.42 Å². The molecule has 14 heavy (non-hydrogen) atoms. The van der Waals surface area contributed by atoms with Crippen LogP contribution in [-0.2, 0) is 10.0 Å². The highest BCUT2D eigenvalue weighted by atomic mass is 35.5. The van der Waals surface area contributed by atoms with Crippen molar-refractivity contribution in [1.82, 2.24) is 9.71 Å². The molecule has 1 heterocycles. The van der Waals surface area contributed by atoms with Gasteiger partial charge < -0.3 is 0 Å². The highest BCUT2D eigenvalue weighted by molar-refractivity contribution is 7.89. The molecule has 0 aliphatic rings. The molecule has 0 aliphatic heterocycles. The SMILES string of the molecule is CCCNS(=O)(=O)c1ccnc(Cl)c1. The van der Waals surface area contributed by atoms with Gasteiger partial charge in [-0.1, -0.05) is 18.5 Å². The normalized spacial score (nSPS) is 11.6. The highest BCUT2D eigenvalue weighted by Crippen LogP contribution is 2.12. The minimum Gasteiger partial charge on any atom is -0.244 e. The molecule has 0 radical (unpaired) electrons. The van der Waals surface area contributed by atoms with Gasteiger partial charge in [0.2, 0.25) is 10.0 Å². The molecule has 1 rings (SSSR count). The first-order valence-corrected chi connectivity index (χ1v) is 6.03. The molecule has 0 aromatic carbocycles. The zero-order valence-electron chi connectivity index (χ0n) is 7.70. The third-order valence-electron chi connectivity index (χ3n) is 1.55. The van der Waals surface area contributed by atoms with E-state index in [9.17, 15) is 8.42 Å². The van der Waals surface area contributed by atoms with Crippen LogP contribution in [0.15, 0.2) is 23.2 Å². The van der Waals surface area contributed by atoms with Gasteiger partial charge in [0, 0.05) is 12.7 Å². The molecule has 0 spiro atoms. The van der Waals surface area contributed by atoms with E-state index in [0.29, 0.717) is 6.54 Å². The molecule has 1 aromatic heterocycles. The van der Waals surface area contributed by atoms with Crippen molar-refractivity contribution in [1.29, 1.82) is 0 Å². The van der Waals surface area contributed by atoms with Crippen LogP contribution in [0.1, 0.15) is 13.3 Å². The second-order valence-corrected chi connectivity index (χ2v) is 4.87. The zero-order chi connectivity index (χ0) is 10.6. The second kappa shape index (κ2) is 4.72. The van der Waals surface area contributed by atoms with Crippen molar-refractivity contribution in [2.24, 2.45) is 0 Å². The minimum absolute atomic E-state index is 0.144. The summed E-state index contributed by atoms with van der Waals surface area (Å²) in [5, 5.41) is 0.171. The van der Waals surface area contributed by atoms with Gasteiger partial charge in [-0.2, -0.15) is 0 Å². The molecule has 0 saturated heterocycles. The van der Waals surface area contributed by atoms with Gasteiger partial charge >= 0.3 is 0 Å². The van der Waals surface area contributed by atoms with Crippen LogP contribution in [0.5, 0.6) is 0 Å². The molecule has 1 N–H and O–H groups in total. The van der Waals surface area contributed by atoms with Crippen LogP contribution in [0.3, 0.4) is 0 Å². The number of nitrogens with zero attached hydrogens (tertiary/aromatic N) is 1. The Hall–Kier alpha value is -0.650. The van der Waals surface area contributed by atoms with Crippen molar-refractivity contribution in [2.45, 2.75) is 18.2 Å². The summed E-state index contributed by atoms with van der Waals surface area (Å²) >= 11 is 5.58. The molecule has 78 valence electrons. The zero-order valence-corrected chi connectivity index (χ0v) is 9.27. The molecular formula is C8H11ClN2O2S. The number of hydrogen-bond acceptors (Lipinski definition) is 3. The number of nitrogens with one attached hydrogen (secondary N) is 1. The molecule has 0 saturated carbocycles. The lowest BCUT2D eigenvalue weighted by molar-refractivity contribution is 0.580. The van der Waals surface area contributed by atoms with E-state index in [1.165, 1.54) is 18.3 Å². The number of rotatable bonds is 4. The number of hydrogen-bond donors (Lipinski definition) is 1. The monoisotopic (exact) mass is 234 g/mol. The number of pyridine rings is 1. The lowest BCUT2D eigenvalue weighted by atomic mass is 10.5. The maximum absolute atomic E-state index is 11.5. The van der Waals surface area contributed by atoms with Crippen LogP contribution >= 0.6 is 11.6 Å². The first-order chi connectivity index (χ1) is 6.56. The average Bonchev–Trinajstić information content (AvgIpc) is 2.15. The molecule has 0 aliphatic carbocycles. The Morgan fingerprint density at radius 2 is 2.29 bits per heavy atom. The van der Waals surface area contributed by atoms with Gasteiger partial charge in [-0.05, 0) is 18.6 Å². The minimum atomic E-state index is -3.42. The molecule has 6 heteroatoms. The van der Waals surface area contributed by atoms with E-state index < -0.39 is 10.0 Å². The van der Waals surface area contributed by atoms with Crippen molar-refractivity contribution in [2.75, 3.05) is 6.54 Å². The fourth-order valence-corrected chi connectivity index (χ4v) is 2.26. The van der Waals surface area contributed by atoms with Gasteiger partial charge in [0.15, 0.2) is 0 Å². The molecule has 1 aromatic rings. The lowest BCUT2D eigenvalue weighted by Gasteiger charge is -2.04. The van der Waals surface area contributed by atoms with E-state index >= 15 is 0 Å². The molecule has 0 bridgehead atoms. The summed E-state index contributed by atoms with van der Waals surface area (Å²) in [6.07, 6.45) is 2.11. The van der Waals surface area contributed by atoms with Crippen molar-refractivity contribution in [3.05, 3.63) is 23.5 Å². The third-order valence-corrected chi connectivity index (χ3v) is 3.22. The number of sulfonamides is 1. The molecule has 0 atom stereocenters. The van der Waals surface area contributed by atoms with E-state index in [0.717, 1.165) is 6.42 Å². The molecule has 0 unspecified atom stereocenters. The molecule has 0 fully saturated rings. The summed E-state index contributed by atoms with van der Waals surface area (Å²) in [4.78, 5) is 3.85. The van der Waals surface area contributed by atoms with Crippen molar-refractivity contribution >= 4 is 21.6 Å². The summed E-state index contributed by atoms with van der Waals surface area (Å²) in [5.41, 5.74) is 0. The Labute approximate surface area is 88.4 Å². The Balaban J connectivity index is 2.93. The summed E-state index contributed by atoms with van der Waals surface area (Å²) in [5.74, 6) is 0. The van der Waals surface area contributed by atoms with Gasteiger partial charge in [-0.15, -0.1) is 0 Å². The van der Waals surface area contributed by atoms with E-state index in [1.807, 2.05) is 6.92 Å². The quantitative estimate of drug-likeness (QED) is 0.802. The summed E-state index contributed by atoms with van der Waals surface area (Å²) < 4.78 is 25.5. The van der Waals surface area contributed by atoms with Crippen LogP contribution in [-0.4, -0.2) is 19.9 Å². The van der Waals surface area contributed by atoms with E-state index in [1.54, 1.807) is 0 Å². The van der Waals surface area contributed by atoms with Gasteiger partial charge in [0.25, 0.3) is 0 Å². The van der Waals surface area contributed by atoms with Crippen LogP contribution in [0.25, 0.3) is 0 Å². The predicted octanol–water partition coefficient (Wildman–Crippen LogP) is 1.42. The topological polar surface area (TPSA) is 59.1 Å². The summed E-state index contributed by atoms with van der Waals surface area (Å²) in [6, 6.07) is 2.73. The maximum atomic E-state index is 11.5. The summed E-state index contributed by atoms with van der Waals surface area (Å²) in [6.45, 7) is 2.31. The van der Waals surface area contributed by atoms with Gasteiger partial charge in [-0.3, -0.25) is 0 Å². The third kappa shape index (κ3) is 2.94. The predicted molar refractivity (Wildman–Crippen MR) is 54.7 cm³/mol. The maximum Gasteiger partial charge on any atom is 0.240 e. The Kier molecular flexibility index (Phi) is 3.86. The van der Waals surface area contributed by atoms with Gasteiger partial charge in [-0.25, -0.2) is 18.1 Å². The van der Waals surface area contributed by atoms with E-state index in [-0.39, 0.29) is 10.0 Å². The first kappa shape index (κ1) is 11.4. The Bertz CT molecular complexity index is 406. The average molecular weight is 235 g/mol.